The maximum absolute atomic E-state index is 12.4. The van der Waals surface area contributed by atoms with Gasteiger partial charge in [-0.15, -0.1) is 6.42 Å². The van der Waals surface area contributed by atoms with Crippen molar-refractivity contribution >= 4 is 5.78 Å². The molecule has 0 fully saturated rings. The molecule has 158 valence electrons. The van der Waals surface area contributed by atoms with Crippen LogP contribution in [0, 0.1) is 33.1 Å². The van der Waals surface area contributed by atoms with E-state index >= 15 is 0 Å². The first-order chi connectivity index (χ1) is 14.7. The van der Waals surface area contributed by atoms with E-state index in [9.17, 15) is 9.59 Å². The predicted molar refractivity (Wildman–Crippen MR) is 125 cm³/mol. The average Bonchev–Trinajstić information content (AvgIpc) is 2.72. The monoisotopic (exact) mass is 413 g/mol. The Morgan fingerprint density at radius 1 is 1.10 bits per heavy atom. The number of nitrogens with zero attached hydrogens (tertiary/aromatic N) is 1. The summed E-state index contributed by atoms with van der Waals surface area (Å²) in [4.78, 5) is 24.5. The van der Waals surface area contributed by atoms with Gasteiger partial charge in [0.05, 0.1) is 0 Å². The highest BCUT2D eigenvalue weighted by atomic mass is 16.5. The van der Waals surface area contributed by atoms with Gasteiger partial charge in [0.15, 0.2) is 0 Å². The fourth-order valence-corrected chi connectivity index (χ4v) is 3.97. The molecule has 2 aromatic carbocycles. The standard InChI is InChI=1S/C27H27NO3/c1-7-20-14-22(16-28(6)27(20)30)25-21(15-23(29)8-2)10-9-11-24(25)31-26-18(4)12-17(3)13-19(26)5/h2,9-14,16H,7,15H2,1,3-6H3. The van der Waals surface area contributed by atoms with Crippen molar-refractivity contribution in [2.75, 3.05) is 0 Å². The number of rotatable bonds is 6. The van der Waals surface area contributed by atoms with Crippen LogP contribution in [-0.2, 0) is 24.7 Å². The van der Waals surface area contributed by atoms with Crippen molar-refractivity contribution in [3.8, 4) is 35.0 Å². The number of ketones is 1. The zero-order chi connectivity index (χ0) is 22.7. The second-order valence-electron chi connectivity index (χ2n) is 7.89. The molecule has 0 bridgehead atoms. The van der Waals surface area contributed by atoms with Crippen molar-refractivity contribution in [2.24, 2.45) is 7.05 Å². The van der Waals surface area contributed by atoms with Gasteiger partial charge in [-0.3, -0.25) is 9.59 Å². The first-order valence-electron chi connectivity index (χ1n) is 10.3. The highest BCUT2D eigenvalue weighted by molar-refractivity contribution is 5.97. The minimum Gasteiger partial charge on any atom is -0.456 e. The number of aryl methyl sites for hydroxylation is 5. The van der Waals surface area contributed by atoms with Crippen molar-refractivity contribution in [3.63, 3.8) is 0 Å². The summed E-state index contributed by atoms with van der Waals surface area (Å²) in [6, 6.07) is 11.7. The number of carbonyl (C=O) groups excluding carboxylic acids is 1. The molecule has 0 N–H and O–H groups in total. The van der Waals surface area contributed by atoms with Gasteiger partial charge in [0.2, 0.25) is 5.78 Å². The molecule has 0 atom stereocenters. The Morgan fingerprint density at radius 2 is 1.77 bits per heavy atom. The third-order valence-electron chi connectivity index (χ3n) is 5.37. The van der Waals surface area contributed by atoms with Gasteiger partial charge in [0.25, 0.3) is 5.56 Å². The van der Waals surface area contributed by atoms with E-state index in [2.05, 4.69) is 25.0 Å². The molecule has 1 heterocycles. The highest BCUT2D eigenvalue weighted by Gasteiger charge is 2.18. The fourth-order valence-electron chi connectivity index (χ4n) is 3.97. The average molecular weight is 414 g/mol. The Bertz CT molecular complexity index is 1240. The van der Waals surface area contributed by atoms with Crippen molar-refractivity contribution in [2.45, 2.75) is 40.5 Å². The van der Waals surface area contributed by atoms with Crippen LogP contribution in [0.5, 0.6) is 11.5 Å². The third-order valence-corrected chi connectivity index (χ3v) is 5.37. The number of hydrogen-bond acceptors (Lipinski definition) is 3. The molecular weight excluding hydrogens is 386 g/mol. The van der Waals surface area contributed by atoms with Gasteiger partial charge >= 0.3 is 0 Å². The number of pyridine rings is 1. The van der Waals surface area contributed by atoms with Gasteiger partial charge in [-0.05, 0) is 61.9 Å². The number of Topliss-reactive ketones (excluding diaryl/α,β-unsaturated/α-hetero) is 1. The summed E-state index contributed by atoms with van der Waals surface area (Å²) in [5, 5.41) is 0. The predicted octanol–water partition coefficient (Wildman–Crippen LogP) is 5.08. The molecule has 0 saturated heterocycles. The number of aromatic nitrogens is 1. The molecule has 0 radical (unpaired) electrons. The maximum atomic E-state index is 12.4. The number of ether oxygens (including phenoxy) is 1. The van der Waals surface area contributed by atoms with Crippen molar-refractivity contribution in [3.05, 3.63) is 80.8 Å². The summed E-state index contributed by atoms with van der Waals surface area (Å²) in [6.07, 6.45) is 7.82. The van der Waals surface area contributed by atoms with Gasteiger partial charge in [0, 0.05) is 36.4 Å². The molecular formula is C27H27NO3. The number of benzene rings is 2. The summed E-state index contributed by atoms with van der Waals surface area (Å²) >= 11 is 0. The molecule has 1 aromatic heterocycles. The van der Waals surface area contributed by atoms with E-state index < -0.39 is 0 Å². The first kappa shape index (κ1) is 22.1. The molecule has 4 heteroatoms. The van der Waals surface area contributed by atoms with Crippen molar-refractivity contribution < 1.29 is 9.53 Å². The summed E-state index contributed by atoms with van der Waals surface area (Å²) in [5.74, 6) is 3.30. The van der Waals surface area contributed by atoms with Gasteiger partial charge in [-0.25, -0.2) is 0 Å². The fraction of sp³-hybridized carbons (Fsp3) is 0.259. The first-order valence-corrected chi connectivity index (χ1v) is 10.3. The van der Waals surface area contributed by atoms with Gasteiger partial charge < -0.3 is 9.30 Å². The zero-order valence-corrected chi connectivity index (χ0v) is 18.7. The van der Waals surface area contributed by atoms with Crippen molar-refractivity contribution in [1.29, 1.82) is 0 Å². The van der Waals surface area contributed by atoms with Crippen LogP contribution in [0.4, 0.5) is 0 Å². The third kappa shape index (κ3) is 4.62. The van der Waals surface area contributed by atoms with Crippen molar-refractivity contribution in [1.82, 2.24) is 4.57 Å². The van der Waals surface area contributed by atoms with Crippen LogP contribution >= 0.6 is 0 Å². The second-order valence-corrected chi connectivity index (χ2v) is 7.89. The Labute approximate surface area is 183 Å². The van der Waals surface area contributed by atoms with E-state index in [0.29, 0.717) is 17.7 Å². The Kier molecular flexibility index (Phi) is 6.46. The summed E-state index contributed by atoms with van der Waals surface area (Å²) in [6.45, 7) is 8.03. The van der Waals surface area contributed by atoms with E-state index in [1.165, 1.54) is 5.56 Å². The minimum absolute atomic E-state index is 0.0314. The SMILES string of the molecule is C#CC(=O)Cc1cccc(Oc2c(C)cc(C)cc2C)c1-c1cc(CC)c(=O)n(C)c1. The number of carbonyl (C=O) groups is 1. The number of terminal acetylenes is 1. The van der Waals surface area contributed by atoms with Crippen LogP contribution in [0.15, 0.2) is 47.4 Å². The molecule has 31 heavy (non-hydrogen) atoms. The molecule has 0 aliphatic carbocycles. The molecule has 3 rings (SSSR count). The summed E-state index contributed by atoms with van der Waals surface area (Å²) < 4.78 is 8.00. The molecule has 0 aliphatic rings. The molecule has 0 amide bonds. The summed E-state index contributed by atoms with van der Waals surface area (Å²) in [5.41, 5.74) is 6.26. The Morgan fingerprint density at radius 3 is 2.39 bits per heavy atom. The van der Waals surface area contributed by atoms with Gasteiger partial charge in [-0.2, -0.15) is 0 Å². The van der Waals surface area contributed by atoms with Gasteiger partial charge in [0.1, 0.15) is 11.5 Å². The van der Waals surface area contributed by atoms with E-state index in [-0.39, 0.29) is 17.8 Å². The molecule has 0 aliphatic heterocycles. The topological polar surface area (TPSA) is 48.3 Å². The lowest BCUT2D eigenvalue weighted by Gasteiger charge is -2.19. The molecule has 3 aromatic rings. The smallest absolute Gasteiger partial charge is 0.253 e. The lowest BCUT2D eigenvalue weighted by molar-refractivity contribution is -0.113. The number of hydrogen-bond donors (Lipinski definition) is 0. The zero-order valence-electron chi connectivity index (χ0n) is 18.7. The molecule has 0 spiro atoms. The van der Waals surface area contributed by atoms with Crippen LogP contribution in [-0.4, -0.2) is 10.4 Å². The molecule has 0 saturated carbocycles. The lowest BCUT2D eigenvalue weighted by Crippen LogP contribution is -2.20. The second kappa shape index (κ2) is 9.06. The van der Waals surface area contributed by atoms with Crippen LogP contribution in [0.3, 0.4) is 0 Å². The quantitative estimate of drug-likeness (QED) is 0.418. The molecule has 4 nitrogen and oxygen atoms in total. The normalized spacial score (nSPS) is 10.6. The van der Waals surface area contributed by atoms with Crippen LogP contribution in [0.2, 0.25) is 0 Å². The van der Waals surface area contributed by atoms with Crippen LogP contribution in [0.25, 0.3) is 11.1 Å². The largest absolute Gasteiger partial charge is 0.456 e. The Balaban J connectivity index is 2.25. The van der Waals surface area contributed by atoms with Crippen LogP contribution in [0.1, 0.15) is 34.7 Å². The van der Waals surface area contributed by atoms with E-state index in [1.54, 1.807) is 17.8 Å². The maximum Gasteiger partial charge on any atom is 0.253 e. The molecule has 0 unspecified atom stereocenters. The Hall–Kier alpha value is -3.58. The van der Waals surface area contributed by atoms with E-state index in [4.69, 9.17) is 11.2 Å². The lowest BCUT2D eigenvalue weighted by atomic mass is 9.95. The van der Waals surface area contributed by atoms with E-state index in [1.807, 2.05) is 45.0 Å². The summed E-state index contributed by atoms with van der Waals surface area (Å²) in [7, 11) is 1.73. The van der Waals surface area contributed by atoms with Crippen LogP contribution < -0.4 is 10.3 Å². The minimum atomic E-state index is -0.304. The van der Waals surface area contributed by atoms with E-state index in [0.717, 1.165) is 33.6 Å². The highest BCUT2D eigenvalue weighted by Crippen LogP contribution is 2.39. The van der Waals surface area contributed by atoms with Gasteiger partial charge in [-0.1, -0.05) is 36.8 Å².